The maximum absolute atomic E-state index is 13.0. The molecule has 51 heavy (non-hydrogen) atoms. The van der Waals surface area contributed by atoms with E-state index < -0.39 is 17.7 Å². The lowest BCUT2D eigenvalue weighted by molar-refractivity contribution is -0.137. The topological polar surface area (TPSA) is 93.7 Å². The van der Waals surface area contributed by atoms with Crippen LogP contribution in [0, 0.1) is 0 Å². The first kappa shape index (κ1) is 44.4. The van der Waals surface area contributed by atoms with Crippen molar-refractivity contribution < 1.29 is 51.1 Å². The molecule has 2 rings (SSSR count). The summed E-state index contributed by atoms with van der Waals surface area (Å²) in [5, 5.41) is 2.87. The molecule has 0 aliphatic rings. The van der Waals surface area contributed by atoms with Gasteiger partial charge in [-0.3, -0.25) is 0 Å². The van der Waals surface area contributed by atoms with E-state index in [0.29, 0.717) is 71.8 Å². The van der Waals surface area contributed by atoms with Gasteiger partial charge in [0.15, 0.2) is 0 Å². The molecule has 0 aromatic heterocycles. The number of hydrogen-bond acceptors (Lipinski definition) is 9. The lowest BCUT2D eigenvalue weighted by atomic mass is 10.1. The summed E-state index contributed by atoms with van der Waals surface area (Å²) in [5.74, 6) is -0.617. The van der Waals surface area contributed by atoms with Crippen LogP contribution < -0.4 is 5.32 Å². The number of hydrogen-bond donors (Lipinski definition) is 1. The van der Waals surface area contributed by atoms with Crippen molar-refractivity contribution in [1.82, 2.24) is 0 Å². The first-order valence-electron chi connectivity index (χ1n) is 18.6. The van der Waals surface area contributed by atoms with E-state index in [-0.39, 0.29) is 24.5 Å². The van der Waals surface area contributed by atoms with E-state index in [9.17, 15) is 18.0 Å². The number of unbranched alkanes of at least 4 members (excludes halogenated alkanes) is 10. The summed E-state index contributed by atoms with van der Waals surface area (Å²) in [5.41, 5.74) is -0.0540. The number of alkyl halides is 3. The van der Waals surface area contributed by atoms with Gasteiger partial charge in [-0.25, -0.2) is 4.79 Å². The number of halogens is 3. The predicted molar refractivity (Wildman–Crippen MR) is 193 cm³/mol. The Labute approximate surface area is 302 Å². The van der Waals surface area contributed by atoms with Gasteiger partial charge in [0.05, 0.1) is 89.5 Å². The molecular weight excluding hydrogens is 667 g/mol. The minimum atomic E-state index is -4.47. The molecule has 0 aliphatic carbocycles. The molecule has 0 heterocycles. The maximum Gasteiger partial charge on any atom is 0.416 e. The molecule has 0 unspecified atom stereocenters. The minimum Gasteiger partial charge on any atom is -0.460 e. The van der Waals surface area contributed by atoms with E-state index in [0.717, 1.165) is 25.2 Å². The lowest BCUT2D eigenvalue weighted by Gasteiger charge is -2.13. The van der Waals surface area contributed by atoms with Crippen LogP contribution in [-0.4, -0.2) is 91.9 Å². The van der Waals surface area contributed by atoms with Crippen molar-refractivity contribution >= 4 is 17.3 Å². The largest absolute Gasteiger partial charge is 0.460 e. The van der Waals surface area contributed by atoms with E-state index in [1.807, 2.05) is 0 Å². The van der Waals surface area contributed by atoms with Crippen LogP contribution in [0.25, 0.3) is 0 Å². The van der Waals surface area contributed by atoms with Gasteiger partial charge >= 0.3 is 12.1 Å². The van der Waals surface area contributed by atoms with Crippen LogP contribution in [0.5, 0.6) is 0 Å². The van der Waals surface area contributed by atoms with Crippen molar-refractivity contribution in [3.63, 3.8) is 0 Å². The average Bonchev–Trinajstić information content (AvgIpc) is 3.12. The molecule has 290 valence electrons. The Kier molecular flexibility index (Phi) is 26.0. The number of para-hydroxylation sites is 1. The Balaban J connectivity index is 1.32. The third-order valence-corrected chi connectivity index (χ3v) is 7.83. The third-order valence-electron chi connectivity index (χ3n) is 7.83. The SMILES string of the molecule is CCCCCCCCCCCCCOCCOCCOCCOCCOCCOCCOC(=O)c1ccccc1Nc1cccc(C(F)(F)F)c1. The Morgan fingerprint density at radius 2 is 1.00 bits per heavy atom. The molecule has 0 amide bonds. The van der Waals surface area contributed by atoms with Gasteiger partial charge < -0.3 is 38.5 Å². The summed E-state index contributed by atoms with van der Waals surface area (Å²) in [6.07, 6.45) is 10.2. The van der Waals surface area contributed by atoms with E-state index in [2.05, 4.69) is 12.2 Å². The molecule has 0 spiro atoms. The molecule has 0 aliphatic heterocycles. The molecule has 1 N–H and O–H groups in total. The summed E-state index contributed by atoms with van der Waals surface area (Å²) >= 11 is 0. The minimum absolute atomic E-state index is 0.0120. The molecule has 0 saturated carbocycles. The Hall–Kier alpha value is -2.74. The van der Waals surface area contributed by atoms with Gasteiger partial charge in [0, 0.05) is 12.3 Å². The number of carbonyl (C=O) groups is 1. The fraction of sp³-hybridized carbons (Fsp3) is 0.667. The molecular formula is C39H60F3NO8. The summed E-state index contributed by atoms with van der Waals surface area (Å²) in [6, 6.07) is 11.2. The summed E-state index contributed by atoms with van der Waals surface area (Å²) < 4.78 is 77.5. The normalized spacial score (nSPS) is 11.6. The van der Waals surface area contributed by atoms with Crippen molar-refractivity contribution in [2.45, 2.75) is 83.7 Å². The second-order valence-electron chi connectivity index (χ2n) is 12.1. The number of benzene rings is 2. The highest BCUT2D eigenvalue weighted by Crippen LogP contribution is 2.32. The first-order chi connectivity index (χ1) is 24.9. The van der Waals surface area contributed by atoms with Crippen LogP contribution in [0.15, 0.2) is 48.5 Å². The smallest absolute Gasteiger partial charge is 0.416 e. The fourth-order valence-corrected chi connectivity index (χ4v) is 5.04. The van der Waals surface area contributed by atoms with Crippen molar-refractivity contribution in [3.05, 3.63) is 59.7 Å². The molecule has 2 aromatic carbocycles. The van der Waals surface area contributed by atoms with Crippen molar-refractivity contribution in [2.24, 2.45) is 0 Å². The van der Waals surface area contributed by atoms with Gasteiger partial charge in [0.2, 0.25) is 0 Å². The fourth-order valence-electron chi connectivity index (χ4n) is 5.04. The number of anilines is 2. The Morgan fingerprint density at radius 1 is 0.549 bits per heavy atom. The molecule has 9 nitrogen and oxygen atoms in total. The zero-order valence-corrected chi connectivity index (χ0v) is 30.5. The van der Waals surface area contributed by atoms with Gasteiger partial charge in [0.25, 0.3) is 0 Å². The van der Waals surface area contributed by atoms with E-state index in [1.54, 1.807) is 18.2 Å². The average molecular weight is 728 g/mol. The van der Waals surface area contributed by atoms with Gasteiger partial charge in [-0.15, -0.1) is 0 Å². The summed E-state index contributed by atoms with van der Waals surface area (Å²) in [4.78, 5) is 12.6. The van der Waals surface area contributed by atoms with Crippen LogP contribution in [0.2, 0.25) is 0 Å². The molecule has 0 fully saturated rings. The molecule has 2 aromatic rings. The second kappa shape index (κ2) is 29.8. The highest BCUT2D eigenvalue weighted by atomic mass is 19.4. The van der Waals surface area contributed by atoms with Crippen molar-refractivity contribution in [1.29, 1.82) is 0 Å². The molecule has 0 radical (unpaired) electrons. The number of ether oxygens (including phenoxy) is 7. The maximum atomic E-state index is 13.0. The van der Waals surface area contributed by atoms with Crippen LogP contribution in [-0.2, 0) is 39.3 Å². The quantitative estimate of drug-likeness (QED) is 0.0571. The summed E-state index contributed by atoms with van der Waals surface area (Å²) in [6.45, 7) is 7.93. The standard InChI is InChI=1S/C39H60F3NO8/c1-2-3-4-5-6-7-8-9-10-11-14-20-45-21-22-46-23-24-47-25-26-48-27-28-49-29-30-50-31-32-51-38(44)36-18-12-13-19-37(36)43-35-17-15-16-34(33-35)39(40,41)42/h12-13,15-19,33,43H,2-11,14,20-32H2,1H3. The van der Waals surface area contributed by atoms with Crippen LogP contribution in [0.1, 0.15) is 93.5 Å². The van der Waals surface area contributed by atoms with Gasteiger partial charge in [-0.1, -0.05) is 89.3 Å². The molecule has 0 atom stereocenters. The van der Waals surface area contributed by atoms with E-state index >= 15 is 0 Å². The number of carbonyl (C=O) groups excluding carboxylic acids is 1. The number of esters is 1. The first-order valence-corrected chi connectivity index (χ1v) is 18.6. The van der Waals surface area contributed by atoms with Gasteiger partial charge in [-0.2, -0.15) is 13.2 Å². The van der Waals surface area contributed by atoms with E-state index in [1.165, 1.54) is 82.4 Å². The monoisotopic (exact) mass is 727 g/mol. The van der Waals surface area contributed by atoms with Crippen molar-refractivity contribution in [3.8, 4) is 0 Å². The van der Waals surface area contributed by atoms with Gasteiger partial charge in [0.1, 0.15) is 6.61 Å². The van der Waals surface area contributed by atoms with Crippen LogP contribution >= 0.6 is 0 Å². The number of rotatable bonds is 33. The molecule has 0 saturated heterocycles. The van der Waals surface area contributed by atoms with Gasteiger partial charge in [-0.05, 0) is 36.8 Å². The summed E-state index contributed by atoms with van der Waals surface area (Å²) in [7, 11) is 0. The predicted octanol–water partition coefficient (Wildman–Crippen LogP) is 9.02. The Morgan fingerprint density at radius 3 is 1.51 bits per heavy atom. The zero-order valence-electron chi connectivity index (χ0n) is 30.5. The van der Waals surface area contributed by atoms with Crippen molar-refractivity contribution in [2.75, 3.05) is 91.2 Å². The molecule has 12 heteroatoms. The lowest BCUT2D eigenvalue weighted by Crippen LogP contribution is -2.15. The van der Waals surface area contributed by atoms with Crippen LogP contribution in [0.4, 0.5) is 24.5 Å². The molecule has 0 bridgehead atoms. The number of nitrogens with one attached hydrogen (secondary N) is 1. The second-order valence-corrected chi connectivity index (χ2v) is 12.1. The Bertz CT molecular complexity index is 1140. The highest BCUT2D eigenvalue weighted by molar-refractivity contribution is 5.96. The van der Waals surface area contributed by atoms with Crippen LogP contribution in [0.3, 0.4) is 0 Å². The van der Waals surface area contributed by atoms with E-state index in [4.69, 9.17) is 33.2 Å². The third kappa shape index (κ3) is 23.4. The zero-order chi connectivity index (χ0) is 36.7. The highest BCUT2D eigenvalue weighted by Gasteiger charge is 2.30.